The lowest BCUT2D eigenvalue weighted by atomic mass is 10.3. The Morgan fingerprint density at radius 3 is 2.67 bits per heavy atom. The molecule has 0 atom stereocenters. The number of aromatic nitrogens is 1. The van der Waals surface area contributed by atoms with E-state index in [9.17, 15) is 9.59 Å². The second kappa shape index (κ2) is 4.04. The first-order valence-electron chi connectivity index (χ1n) is 3.23. The standard InChI is InChI=1S/C9H5NO2/c11-5-1-2-9-4-3-8(7-12)6-10-9/h3-7H. The minimum absolute atomic E-state index is 0.479. The van der Waals surface area contributed by atoms with Gasteiger partial charge in [0.1, 0.15) is 5.69 Å². The topological polar surface area (TPSA) is 47.0 Å². The van der Waals surface area contributed by atoms with Crippen LogP contribution in [0, 0.1) is 11.8 Å². The number of nitrogens with zero attached hydrogens (tertiary/aromatic N) is 1. The van der Waals surface area contributed by atoms with Crippen molar-refractivity contribution >= 4 is 12.6 Å². The Bertz CT molecular complexity index is 343. The lowest BCUT2D eigenvalue weighted by Gasteiger charge is -1.88. The summed E-state index contributed by atoms with van der Waals surface area (Å²) in [4.78, 5) is 23.9. The maximum Gasteiger partial charge on any atom is 0.193 e. The molecule has 0 N–H and O–H groups in total. The molecule has 1 aromatic heterocycles. The monoisotopic (exact) mass is 159 g/mol. The summed E-state index contributed by atoms with van der Waals surface area (Å²) in [6, 6.07) is 3.18. The Morgan fingerprint density at radius 2 is 2.17 bits per heavy atom. The maximum absolute atomic E-state index is 10.2. The molecule has 58 valence electrons. The third kappa shape index (κ3) is 2.03. The van der Waals surface area contributed by atoms with Crippen LogP contribution in [-0.4, -0.2) is 17.6 Å². The van der Waals surface area contributed by atoms with Crippen LogP contribution in [0.3, 0.4) is 0 Å². The summed E-state index contributed by atoms with van der Waals surface area (Å²) < 4.78 is 0. The predicted octanol–water partition coefficient (Wildman–Crippen LogP) is 0.444. The van der Waals surface area contributed by atoms with Crippen molar-refractivity contribution in [3.63, 3.8) is 0 Å². The number of aldehydes is 2. The minimum atomic E-state index is 0.479. The van der Waals surface area contributed by atoms with Gasteiger partial charge in [-0.3, -0.25) is 9.59 Å². The largest absolute Gasteiger partial charge is 0.298 e. The van der Waals surface area contributed by atoms with Crippen LogP contribution in [0.2, 0.25) is 0 Å². The maximum atomic E-state index is 10.2. The number of hydrogen-bond acceptors (Lipinski definition) is 3. The fourth-order valence-corrected chi connectivity index (χ4v) is 0.652. The summed E-state index contributed by atoms with van der Waals surface area (Å²) in [5.74, 6) is 4.72. The van der Waals surface area contributed by atoms with Crippen molar-refractivity contribution in [1.82, 2.24) is 4.98 Å². The van der Waals surface area contributed by atoms with Gasteiger partial charge in [0.2, 0.25) is 0 Å². The summed E-state index contributed by atoms with van der Waals surface area (Å²) in [7, 11) is 0. The summed E-state index contributed by atoms with van der Waals surface area (Å²) in [6.07, 6.45) is 2.60. The molecule has 0 spiro atoms. The van der Waals surface area contributed by atoms with Gasteiger partial charge in [-0.2, -0.15) is 0 Å². The third-order valence-electron chi connectivity index (χ3n) is 1.18. The van der Waals surface area contributed by atoms with E-state index in [-0.39, 0.29) is 0 Å². The van der Waals surface area contributed by atoms with Crippen molar-refractivity contribution in [3.05, 3.63) is 29.6 Å². The van der Waals surface area contributed by atoms with Crippen molar-refractivity contribution in [3.8, 4) is 11.8 Å². The molecule has 0 saturated heterocycles. The quantitative estimate of drug-likeness (QED) is 0.441. The smallest absolute Gasteiger partial charge is 0.193 e. The Labute approximate surface area is 69.4 Å². The Kier molecular flexibility index (Phi) is 2.74. The van der Waals surface area contributed by atoms with Gasteiger partial charge >= 0.3 is 0 Å². The minimum Gasteiger partial charge on any atom is -0.298 e. The zero-order chi connectivity index (χ0) is 8.81. The Balaban J connectivity index is 2.91. The highest BCUT2D eigenvalue weighted by atomic mass is 16.1. The van der Waals surface area contributed by atoms with E-state index in [0.717, 1.165) is 0 Å². The lowest BCUT2D eigenvalue weighted by Crippen LogP contribution is -1.85. The summed E-state index contributed by atoms with van der Waals surface area (Å²) >= 11 is 0. The molecule has 1 aromatic rings. The summed E-state index contributed by atoms with van der Waals surface area (Å²) in [5.41, 5.74) is 0.972. The average Bonchev–Trinajstić information content (AvgIpc) is 2.15. The van der Waals surface area contributed by atoms with Gasteiger partial charge in [0.15, 0.2) is 12.6 Å². The Hall–Kier alpha value is -1.95. The van der Waals surface area contributed by atoms with Crippen LogP contribution >= 0.6 is 0 Å². The lowest BCUT2D eigenvalue weighted by molar-refractivity contribution is -0.103. The van der Waals surface area contributed by atoms with Crippen molar-refractivity contribution in [2.24, 2.45) is 0 Å². The molecule has 0 aliphatic carbocycles. The molecule has 3 nitrogen and oxygen atoms in total. The van der Waals surface area contributed by atoms with E-state index < -0.39 is 0 Å². The number of carbonyl (C=O) groups excluding carboxylic acids is 2. The second-order valence-electron chi connectivity index (χ2n) is 1.98. The highest BCUT2D eigenvalue weighted by Crippen LogP contribution is 1.95. The fourth-order valence-electron chi connectivity index (χ4n) is 0.652. The van der Waals surface area contributed by atoms with Crippen molar-refractivity contribution < 1.29 is 9.59 Å². The molecule has 0 aliphatic rings. The molecule has 0 fully saturated rings. The zero-order valence-corrected chi connectivity index (χ0v) is 6.15. The zero-order valence-electron chi connectivity index (χ0n) is 6.15. The van der Waals surface area contributed by atoms with Crippen LogP contribution in [0.1, 0.15) is 16.1 Å². The predicted molar refractivity (Wildman–Crippen MR) is 42.6 cm³/mol. The normalized spacial score (nSPS) is 8.00. The number of pyridine rings is 1. The van der Waals surface area contributed by atoms with Crippen LogP contribution in [0.15, 0.2) is 18.3 Å². The molecule has 1 heterocycles. The number of carbonyl (C=O) groups is 2. The van der Waals surface area contributed by atoms with Crippen molar-refractivity contribution in [2.75, 3.05) is 0 Å². The molecule has 0 bridgehead atoms. The van der Waals surface area contributed by atoms with Gasteiger partial charge in [0, 0.05) is 11.8 Å². The molecular weight excluding hydrogens is 154 g/mol. The molecule has 0 aliphatic heterocycles. The van der Waals surface area contributed by atoms with Gasteiger partial charge in [0.05, 0.1) is 0 Å². The summed E-state index contributed by atoms with van der Waals surface area (Å²) in [6.45, 7) is 0. The van der Waals surface area contributed by atoms with Crippen LogP contribution in [0.4, 0.5) is 0 Å². The molecule has 12 heavy (non-hydrogen) atoms. The van der Waals surface area contributed by atoms with Crippen LogP contribution in [0.25, 0.3) is 0 Å². The highest BCUT2D eigenvalue weighted by molar-refractivity contribution is 5.75. The van der Waals surface area contributed by atoms with E-state index in [2.05, 4.69) is 16.8 Å². The van der Waals surface area contributed by atoms with Gasteiger partial charge in [-0.15, -0.1) is 0 Å². The van der Waals surface area contributed by atoms with E-state index in [1.54, 1.807) is 12.1 Å². The van der Waals surface area contributed by atoms with Crippen LogP contribution in [-0.2, 0) is 4.79 Å². The first-order chi connectivity index (χ1) is 5.86. The van der Waals surface area contributed by atoms with Gasteiger partial charge in [-0.1, -0.05) is 0 Å². The van der Waals surface area contributed by atoms with E-state index in [0.29, 0.717) is 23.8 Å². The third-order valence-corrected chi connectivity index (χ3v) is 1.18. The number of rotatable bonds is 1. The van der Waals surface area contributed by atoms with E-state index in [1.807, 2.05) is 0 Å². The number of hydrogen-bond donors (Lipinski definition) is 0. The van der Waals surface area contributed by atoms with Gasteiger partial charge in [0.25, 0.3) is 0 Å². The van der Waals surface area contributed by atoms with E-state index in [4.69, 9.17) is 0 Å². The van der Waals surface area contributed by atoms with E-state index >= 15 is 0 Å². The molecule has 1 rings (SSSR count). The van der Waals surface area contributed by atoms with Gasteiger partial charge in [-0.25, -0.2) is 4.98 Å². The van der Waals surface area contributed by atoms with Gasteiger partial charge < -0.3 is 0 Å². The first-order valence-corrected chi connectivity index (χ1v) is 3.23. The Morgan fingerprint density at radius 1 is 1.33 bits per heavy atom. The highest BCUT2D eigenvalue weighted by Gasteiger charge is 1.89. The molecule has 0 radical (unpaired) electrons. The fraction of sp³-hybridized carbons (Fsp3) is 0. The van der Waals surface area contributed by atoms with Gasteiger partial charge in [-0.05, 0) is 24.0 Å². The molecule has 0 unspecified atom stereocenters. The van der Waals surface area contributed by atoms with E-state index in [1.165, 1.54) is 6.20 Å². The second-order valence-corrected chi connectivity index (χ2v) is 1.98. The van der Waals surface area contributed by atoms with Crippen LogP contribution in [0.5, 0.6) is 0 Å². The molecule has 3 heteroatoms. The molecule has 0 amide bonds. The molecule has 0 aromatic carbocycles. The molecular formula is C9H5NO2. The van der Waals surface area contributed by atoms with Crippen LogP contribution < -0.4 is 0 Å². The average molecular weight is 159 g/mol. The first kappa shape index (κ1) is 8.15. The SMILES string of the molecule is O=CC#Cc1ccc(C=O)cn1. The van der Waals surface area contributed by atoms with Crippen molar-refractivity contribution in [1.29, 1.82) is 0 Å². The summed E-state index contributed by atoms with van der Waals surface area (Å²) in [5, 5.41) is 0. The molecule has 0 saturated carbocycles. The van der Waals surface area contributed by atoms with Crippen molar-refractivity contribution in [2.45, 2.75) is 0 Å².